The first kappa shape index (κ1) is 16.5. The van der Waals surface area contributed by atoms with Gasteiger partial charge in [0.1, 0.15) is 0 Å². The predicted octanol–water partition coefficient (Wildman–Crippen LogP) is 5.57. The van der Waals surface area contributed by atoms with E-state index in [2.05, 4.69) is 40.3 Å². The lowest BCUT2D eigenvalue weighted by atomic mass is 9.62. The highest BCUT2D eigenvalue weighted by molar-refractivity contribution is 5.29. The molecule has 2 rings (SSSR count). The molecule has 0 spiro atoms. The van der Waals surface area contributed by atoms with Gasteiger partial charge in [-0.2, -0.15) is 0 Å². The van der Waals surface area contributed by atoms with Crippen molar-refractivity contribution in [2.45, 2.75) is 78.7 Å². The van der Waals surface area contributed by atoms with E-state index in [4.69, 9.17) is 0 Å². The Bertz CT molecular complexity index is 464. The SMILES string of the molecule is C=C1CC/C=C(/C)C[C@@H](O)C2=C(C)CC[C@@H](CC1)C2(C)C. The molecular weight excluding hydrogens is 256 g/mol. The summed E-state index contributed by atoms with van der Waals surface area (Å²) in [7, 11) is 0. The summed E-state index contributed by atoms with van der Waals surface area (Å²) in [5, 5.41) is 10.8. The van der Waals surface area contributed by atoms with Gasteiger partial charge in [-0.1, -0.05) is 43.2 Å². The Balaban J connectivity index is 2.36. The van der Waals surface area contributed by atoms with Gasteiger partial charge < -0.3 is 5.11 Å². The van der Waals surface area contributed by atoms with Gasteiger partial charge in [-0.05, 0) is 75.7 Å². The molecule has 2 aliphatic carbocycles. The largest absolute Gasteiger partial charge is 0.388 e. The Labute approximate surface area is 130 Å². The maximum absolute atomic E-state index is 10.8. The average molecular weight is 288 g/mol. The molecule has 0 aromatic heterocycles. The third kappa shape index (κ3) is 3.69. The van der Waals surface area contributed by atoms with E-state index >= 15 is 0 Å². The molecule has 2 bridgehead atoms. The van der Waals surface area contributed by atoms with Crippen LogP contribution in [-0.2, 0) is 0 Å². The van der Waals surface area contributed by atoms with Crippen molar-refractivity contribution in [3.8, 4) is 0 Å². The van der Waals surface area contributed by atoms with Gasteiger partial charge in [0.25, 0.3) is 0 Å². The molecule has 0 radical (unpaired) electrons. The molecule has 0 saturated heterocycles. The number of aliphatic hydroxyl groups excluding tert-OH is 1. The Kier molecular flexibility index (Phi) is 5.14. The Morgan fingerprint density at radius 3 is 2.52 bits per heavy atom. The molecule has 1 heteroatoms. The quantitative estimate of drug-likeness (QED) is 0.578. The molecule has 0 fully saturated rings. The third-order valence-corrected chi connectivity index (χ3v) is 5.73. The van der Waals surface area contributed by atoms with E-state index in [0.29, 0.717) is 5.92 Å². The zero-order valence-electron chi connectivity index (χ0n) is 14.3. The topological polar surface area (TPSA) is 20.2 Å². The summed E-state index contributed by atoms with van der Waals surface area (Å²) < 4.78 is 0. The molecule has 21 heavy (non-hydrogen) atoms. The van der Waals surface area contributed by atoms with Gasteiger partial charge in [-0.25, -0.2) is 0 Å². The van der Waals surface area contributed by atoms with E-state index in [1.807, 2.05) is 0 Å². The molecule has 0 aliphatic heterocycles. The number of allylic oxidation sites excluding steroid dienone is 3. The fourth-order valence-corrected chi connectivity index (χ4v) is 4.39. The summed E-state index contributed by atoms with van der Waals surface area (Å²) in [5.74, 6) is 0.673. The van der Waals surface area contributed by atoms with Crippen LogP contribution in [-0.4, -0.2) is 11.2 Å². The van der Waals surface area contributed by atoms with Crippen molar-refractivity contribution < 1.29 is 5.11 Å². The van der Waals surface area contributed by atoms with Crippen LogP contribution in [0.1, 0.15) is 72.6 Å². The third-order valence-electron chi connectivity index (χ3n) is 5.73. The maximum Gasteiger partial charge on any atom is 0.0794 e. The smallest absolute Gasteiger partial charge is 0.0794 e. The van der Waals surface area contributed by atoms with Crippen molar-refractivity contribution in [2.75, 3.05) is 0 Å². The van der Waals surface area contributed by atoms with Gasteiger partial charge in [0, 0.05) is 0 Å². The second-order valence-electron chi connectivity index (χ2n) is 7.75. The highest BCUT2D eigenvalue weighted by atomic mass is 16.3. The molecule has 0 amide bonds. The standard InChI is InChI=1S/C20H32O/c1-14-7-6-8-15(2)13-18(21)19-16(3)10-12-17(11-9-14)20(19,4)5/h8,17-18,21H,1,6-7,9-13H2,2-5H3/b15-8-/t17-,18-/m1/s1. The van der Waals surface area contributed by atoms with Crippen LogP contribution < -0.4 is 0 Å². The normalized spacial score (nSPS) is 33.8. The summed E-state index contributed by atoms with van der Waals surface area (Å²) in [6.07, 6.45) is 9.72. The van der Waals surface area contributed by atoms with E-state index in [9.17, 15) is 5.11 Å². The molecule has 2 atom stereocenters. The van der Waals surface area contributed by atoms with Gasteiger partial charge in [0.05, 0.1) is 6.10 Å². The van der Waals surface area contributed by atoms with Crippen LogP contribution in [0, 0.1) is 11.3 Å². The molecule has 118 valence electrons. The monoisotopic (exact) mass is 288 g/mol. The zero-order chi connectivity index (χ0) is 15.6. The molecule has 1 nitrogen and oxygen atoms in total. The summed E-state index contributed by atoms with van der Waals surface area (Å²) in [6.45, 7) is 13.3. The maximum atomic E-state index is 10.8. The highest BCUT2D eigenvalue weighted by Gasteiger charge is 2.39. The molecule has 1 N–H and O–H groups in total. The van der Waals surface area contributed by atoms with Crippen LogP contribution in [0.3, 0.4) is 0 Å². The Morgan fingerprint density at radius 1 is 1.14 bits per heavy atom. The van der Waals surface area contributed by atoms with Crippen molar-refractivity contribution in [3.63, 3.8) is 0 Å². The van der Waals surface area contributed by atoms with Gasteiger partial charge in [-0.3, -0.25) is 0 Å². The van der Waals surface area contributed by atoms with Crippen LogP contribution in [0.2, 0.25) is 0 Å². The lowest BCUT2D eigenvalue weighted by Gasteiger charge is -2.44. The Hall–Kier alpha value is -0.820. The minimum atomic E-state index is -0.304. The van der Waals surface area contributed by atoms with Crippen LogP contribution in [0.5, 0.6) is 0 Å². The lowest BCUT2D eigenvalue weighted by molar-refractivity contribution is 0.130. The second kappa shape index (κ2) is 6.52. The zero-order valence-corrected chi connectivity index (χ0v) is 14.3. The predicted molar refractivity (Wildman–Crippen MR) is 91.2 cm³/mol. The molecule has 0 aromatic carbocycles. The minimum Gasteiger partial charge on any atom is -0.388 e. The van der Waals surface area contributed by atoms with E-state index < -0.39 is 0 Å². The fourth-order valence-electron chi connectivity index (χ4n) is 4.39. The first-order valence-electron chi connectivity index (χ1n) is 8.52. The van der Waals surface area contributed by atoms with E-state index in [-0.39, 0.29) is 11.5 Å². The van der Waals surface area contributed by atoms with Gasteiger partial charge >= 0.3 is 0 Å². The molecule has 0 aromatic rings. The molecule has 0 heterocycles. The van der Waals surface area contributed by atoms with Gasteiger partial charge in [0.15, 0.2) is 0 Å². The molecule has 0 saturated carbocycles. The molecule has 0 unspecified atom stereocenters. The minimum absolute atomic E-state index is 0.113. The average Bonchev–Trinajstić information content (AvgIpc) is 2.35. The molecule has 2 aliphatic rings. The molecular formula is C20H32O. The lowest BCUT2D eigenvalue weighted by Crippen LogP contribution is -2.36. The number of hydrogen-bond acceptors (Lipinski definition) is 1. The van der Waals surface area contributed by atoms with Crippen molar-refractivity contribution in [1.82, 2.24) is 0 Å². The first-order chi connectivity index (χ1) is 9.82. The van der Waals surface area contributed by atoms with E-state index in [0.717, 1.165) is 32.1 Å². The van der Waals surface area contributed by atoms with E-state index in [1.165, 1.54) is 35.1 Å². The van der Waals surface area contributed by atoms with Crippen molar-refractivity contribution >= 4 is 0 Å². The first-order valence-corrected chi connectivity index (χ1v) is 8.52. The van der Waals surface area contributed by atoms with Crippen molar-refractivity contribution in [3.05, 3.63) is 34.9 Å². The van der Waals surface area contributed by atoms with Crippen LogP contribution in [0.15, 0.2) is 34.9 Å². The van der Waals surface area contributed by atoms with Gasteiger partial charge in [0.2, 0.25) is 0 Å². The highest BCUT2D eigenvalue weighted by Crippen LogP contribution is 2.49. The number of hydrogen-bond donors (Lipinski definition) is 1. The van der Waals surface area contributed by atoms with Crippen molar-refractivity contribution in [1.29, 1.82) is 0 Å². The summed E-state index contributed by atoms with van der Waals surface area (Å²) in [4.78, 5) is 0. The van der Waals surface area contributed by atoms with Crippen LogP contribution in [0.4, 0.5) is 0 Å². The Morgan fingerprint density at radius 2 is 1.81 bits per heavy atom. The summed E-state index contributed by atoms with van der Waals surface area (Å²) in [5.41, 5.74) is 5.56. The summed E-state index contributed by atoms with van der Waals surface area (Å²) in [6, 6.07) is 0. The van der Waals surface area contributed by atoms with E-state index in [1.54, 1.807) is 0 Å². The number of aliphatic hydroxyl groups is 1. The second-order valence-corrected chi connectivity index (χ2v) is 7.75. The van der Waals surface area contributed by atoms with Gasteiger partial charge in [-0.15, -0.1) is 0 Å². The van der Waals surface area contributed by atoms with Crippen LogP contribution >= 0.6 is 0 Å². The fraction of sp³-hybridized carbons (Fsp3) is 0.700. The number of rotatable bonds is 0. The number of fused-ring (bicyclic) bond motifs is 2. The van der Waals surface area contributed by atoms with Crippen molar-refractivity contribution in [2.24, 2.45) is 11.3 Å². The van der Waals surface area contributed by atoms with Crippen LogP contribution in [0.25, 0.3) is 0 Å². The summed E-state index contributed by atoms with van der Waals surface area (Å²) >= 11 is 0.